The molecule has 168 valence electrons. The Hall–Kier alpha value is -4.02. The lowest BCUT2D eigenvalue weighted by atomic mass is 9.88. The average Bonchev–Trinajstić information content (AvgIpc) is 3.36. The van der Waals surface area contributed by atoms with E-state index >= 15 is 0 Å². The molecule has 34 heavy (non-hydrogen) atoms. The molecule has 5 aromatic rings. The zero-order valence-electron chi connectivity index (χ0n) is 18.5. The highest BCUT2D eigenvalue weighted by atomic mass is 35.5. The molecule has 0 aliphatic carbocycles. The number of nitrogens with zero attached hydrogens (tertiary/aromatic N) is 2. The van der Waals surface area contributed by atoms with Crippen molar-refractivity contribution < 1.29 is 21.8 Å². The Labute approximate surface area is 205 Å². The van der Waals surface area contributed by atoms with E-state index in [0.29, 0.717) is 5.56 Å². The van der Waals surface area contributed by atoms with Gasteiger partial charge in [-0.05, 0) is 23.3 Å². The van der Waals surface area contributed by atoms with Gasteiger partial charge in [0.05, 0.1) is 17.2 Å². The van der Waals surface area contributed by atoms with Crippen LogP contribution >= 0.6 is 0 Å². The van der Waals surface area contributed by atoms with Crippen LogP contribution in [0.3, 0.4) is 0 Å². The summed E-state index contributed by atoms with van der Waals surface area (Å²) in [7, 11) is 0. The summed E-state index contributed by atoms with van der Waals surface area (Å²) >= 11 is 0. The van der Waals surface area contributed by atoms with E-state index < -0.39 is 0 Å². The molecule has 0 spiro atoms. The van der Waals surface area contributed by atoms with Gasteiger partial charge in [0.2, 0.25) is 12.3 Å². The van der Waals surface area contributed by atoms with Crippen LogP contribution in [0.5, 0.6) is 0 Å². The third-order valence-corrected chi connectivity index (χ3v) is 5.75. The van der Waals surface area contributed by atoms with Gasteiger partial charge in [-0.25, -0.2) is 0 Å². The molecule has 0 aliphatic rings. The summed E-state index contributed by atoms with van der Waals surface area (Å²) in [5, 5.41) is 7.87. The van der Waals surface area contributed by atoms with Gasteiger partial charge in [-0.1, -0.05) is 91.0 Å². The first-order valence-electron chi connectivity index (χ1n) is 11.0. The van der Waals surface area contributed by atoms with Gasteiger partial charge in [-0.3, -0.25) is 9.89 Å². The highest BCUT2D eigenvalue weighted by Crippen LogP contribution is 2.32. The van der Waals surface area contributed by atoms with E-state index in [1.807, 2.05) is 71.6 Å². The summed E-state index contributed by atoms with van der Waals surface area (Å²) in [5.74, 6) is 0.137. The molecule has 0 bridgehead atoms. The van der Waals surface area contributed by atoms with Crippen LogP contribution in [0.2, 0.25) is 0 Å². The maximum Gasteiger partial charge on any atom is 0.227 e. The number of aromatic nitrogens is 3. The smallest absolute Gasteiger partial charge is 0.227 e. The number of hydrogen-bond donors (Lipinski definition) is 1. The molecule has 2 heterocycles. The van der Waals surface area contributed by atoms with E-state index in [0.717, 1.165) is 17.0 Å². The number of H-pyrrole nitrogens is 1. The van der Waals surface area contributed by atoms with Crippen molar-refractivity contribution in [2.45, 2.75) is 12.5 Å². The maximum atomic E-state index is 12.6. The van der Waals surface area contributed by atoms with E-state index in [2.05, 4.69) is 64.8 Å². The second kappa shape index (κ2) is 10.7. The second-order valence-corrected chi connectivity index (χ2v) is 8.02. The van der Waals surface area contributed by atoms with Gasteiger partial charge >= 0.3 is 0 Å². The molecule has 0 saturated heterocycles. The molecule has 0 fully saturated rings. The summed E-state index contributed by atoms with van der Waals surface area (Å²) in [6.45, 7) is 0.284. The van der Waals surface area contributed by atoms with Crippen molar-refractivity contribution in [3.63, 3.8) is 0 Å². The summed E-state index contributed by atoms with van der Waals surface area (Å²) in [6, 6.07) is 36.3. The van der Waals surface area contributed by atoms with Crippen LogP contribution in [0.1, 0.15) is 33.1 Å². The van der Waals surface area contributed by atoms with Crippen molar-refractivity contribution >= 4 is 5.78 Å². The number of pyridine rings is 1. The molecule has 0 radical (unpaired) electrons. The number of rotatable bonds is 7. The molecule has 0 amide bonds. The van der Waals surface area contributed by atoms with Gasteiger partial charge in [0, 0.05) is 17.3 Å². The first kappa shape index (κ1) is 23.1. The van der Waals surface area contributed by atoms with E-state index in [-0.39, 0.29) is 30.7 Å². The van der Waals surface area contributed by atoms with E-state index in [4.69, 9.17) is 0 Å². The largest absolute Gasteiger partial charge is 1.00 e. The van der Waals surface area contributed by atoms with Crippen LogP contribution in [0.4, 0.5) is 0 Å². The standard InChI is InChI=1S/C29H24N3O.ClH/c33-28(22-11-4-1-5-12-22)21-32-18-10-17-25(20-32)26-19-27(31-30-26)29(23-13-6-2-7-14-23)24-15-8-3-9-16-24;/h1-20,29H,21H2,(H,30,31);1H/q+1;/p-1. The van der Waals surface area contributed by atoms with Gasteiger partial charge in [0.25, 0.3) is 0 Å². The molecule has 2 aromatic heterocycles. The van der Waals surface area contributed by atoms with Crippen LogP contribution in [-0.4, -0.2) is 16.0 Å². The van der Waals surface area contributed by atoms with Crippen molar-refractivity contribution in [2.75, 3.05) is 0 Å². The molecule has 1 N–H and O–H groups in total. The van der Waals surface area contributed by atoms with Gasteiger partial charge < -0.3 is 12.4 Å². The van der Waals surface area contributed by atoms with Gasteiger partial charge in [-0.15, -0.1) is 0 Å². The molecular formula is C29H24ClN3O. The first-order valence-corrected chi connectivity index (χ1v) is 11.0. The number of nitrogens with one attached hydrogen (secondary N) is 1. The molecule has 4 nitrogen and oxygen atoms in total. The Kier molecular flexibility index (Phi) is 7.31. The monoisotopic (exact) mass is 465 g/mol. The third kappa shape index (κ3) is 5.13. The van der Waals surface area contributed by atoms with Crippen molar-refractivity contribution in [1.82, 2.24) is 10.2 Å². The van der Waals surface area contributed by atoms with Gasteiger partial charge in [0.1, 0.15) is 0 Å². The molecule has 0 aliphatic heterocycles. The molecule has 5 heteroatoms. The van der Waals surface area contributed by atoms with Crippen molar-refractivity contribution in [1.29, 1.82) is 0 Å². The Morgan fingerprint density at radius 1 is 0.794 bits per heavy atom. The van der Waals surface area contributed by atoms with Gasteiger partial charge in [-0.2, -0.15) is 9.67 Å². The number of carbonyl (C=O) groups is 1. The lowest BCUT2D eigenvalue weighted by molar-refractivity contribution is -0.682. The van der Waals surface area contributed by atoms with Crippen LogP contribution in [0, 0.1) is 0 Å². The Bertz CT molecular complexity index is 1310. The zero-order valence-corrected chi connectivity index (χ0v) is 19.3. The minimum Gasteiger partial charge on any atom is -1.00 e. The van der Waals surface area contributed by atoms with E-state index in [1.54, 1.807) is 0 Å². The molecular weight excluding hydrogens is 442 g/mol. The van der Waals surface area contributed by atoms with Gasteiger partial charge in [0.15, 0.2) is 12.4 Å². The quantitative estimate of drug-likeness (QED) is 0.296. The normalized spacial score (nSPS) is 10.6. The third-order valence-electron chi connectivity index (χ3n) is 5.75. The molecule has 0 unspecified atom stereocenters. The highest BCUT2D eigenvalue weighted by molar-refractivity contribution is 5.94. The maximum absolute atomic E-state index is 12.6. The Morgan fingerprint density at radius 3 is 2.00 bits per heavy atom. The van der Waals surface area contributed by atoms with Crippen LogP contribution < -0.4 is 17.0 Å². The fraction of sp³-hybridized carbons (Fsp3) is 0.0690. The molecule has 0 atom stereocenters. The second-order valence-electron chi connectivity index (χ2n) is 8.02. The molecule has 3 aromatic carbocycles. The Balaban J connectivity index is 0.00000274. The average molecular weight is 466 g/mol. The SMILES string of the molecule is O=C(C[n+]1cccc(-c2cc(C(c3ccccc3)c3ccccc3)[nH]n2)c1)c1ccccc1.[Cl-]. The number of hydrogen-bond acceptors (Lipinski definition) is 2. The lowest BCUT2D eigenvalue weighted by Crippen LogP contribution is -3.00. The number of ketones is 1. The number of aromatic amines is 1. The highest BCUT2D eigenvalue weighted by Gasteiger charge is 2.20. The summed E-state index contributed by atoms with van der Waals surface area (Å²) in [4.78, 5) is 12.6. The van der Waals surface area contributed by atoms with Crippen LogP contribution in [0.15, 0.2) is 122 Å². The molecule has 0 saturated carbocycles. The number of halogens is 1. The Morgan fingerprint density at radius 2 is 1.38 bits per heavy atom. The van der Waals surface area contributed by atoms with Crippen LogP contribution in [0.25, 0.3) is 11.3 Å². The van der Waals surface area contributed by atoms with Crippen molar-refractivity contribution in [3.8, 4) is 11.3 Å². The fourth-order valence-electron chi connectivity index (χ4n) is 4.13. The first-order chi connectivity index (χ1) is 16.3. The number of benzene rings is 3. The predicted molar refractivity (Wildman–Crippen MR) is 129 cm³/mol. The van der Waals surface area contributed by atoms with Crippen molar-refractivity contribution in [3.05, 3.63) is 144 Å². The summed E-state index contributed by atoms with van der Waals surface area (Å²) in [6.07, 6.45) is 3.88. The minimum atomic E-state index is 0. The van der Waals surface area contributed by atoms with E-state index in [1.165, 1.54) is 11.1 Å². The summed E-state index contributed by atoms with van der Waals surface area (Å²) < 4.78 is 1.91. The number of carbonyl (C=O) groups excluding carboxylic acids is 1. The minimum absolute atomic E-state index is 0. The topological polar surface area (TPSA) is 49.6 Å². The summed E-state index contributed by atoms with van der Waals surface area (Å²) in [5.41, 5.74) is 5.96. The fourth-order valence-corrected chi connectivity index (χ4v) is 4.13. The van der Waals surface area contributed by atoms with Crippen LogP contribution in [-0.2, 0) is 6.54 Å². The van der Waals surface area contributed by atoms with Crippen molar-refractivity contribution in [2.24, 2.45) is 0 Å². The molecule has 5 rings (SSSR count). The van der Waals surface area contributed by atoms with E-state index in [9.17, 15) is 4.79 Å². The lowest BCUT2D eigenvalue weighted by Gasteiger charge is -2.16. The zero-order chi connectivity index (χ0) is 22.5. The predicted octanol–water partition coefficient (Wildman–Crippen LogP) is 2.43. The number of Topliss-reactive ketones (excluding diaryl/α,β-unsaturated/α-hetero) is 1.